The zero-order valence-corrected chi connectivity index (χ0v) is 11.7. The Labute approximate surface area is 123 Å². The van der Waals surface area contributed by atoms with E-state index in [1.54, 1.807) is 12.1 Å². The Morgan fingerprint density at radius 2 is 1.95 bits per heavy atom. The van der Waals surface area contributed by atoms with Gasteiger partial charge < -0.3 is 15.8 Å². The maximum Gasteiger partial charge on any atom is 0.248 e. The lowest BCUT2D eigenvalue weighted by Crippen LogP contribution is -2.20. The van der Waals surface area contributed by atoms with Gasteiger partial charge in [0.25, 0.3) is 0 Å². The summed E-state index contributed by atoms with van der Waals surface area (Å²) in [5.74, 6) is 1.02. The smallest absolute Gasteiger partial charge is 0.248 e. The predicted molar refractivity (Wildman–Crippen MR) is 82.7 cm³/mol. The summed E-state index contributed by atoms with van der Waals surface area (Å²) < 4.78 is 5.67. The van der Waals surface area contributed by atoms with Gasteiger partial charge in [0, 0.05) is 23.7 Å². The summed E-state index contributed by atoms with van der Waals surface area (Å²) in [7, 11) is 0. The Morgan fingerprint density at radius 1 is 1.19 bits per heavy atom. The molecular formula is C17H18N2O2. The molecule has 1 atom stereocenters. The zero-order valence-electron chi connectivity index (χ0n) is 11.7. The van der Waals surface area contributed by atoms with Crippen LogP contribution in [-0.2, 0) is 0 Å². The van der Waals surface area contributed by atoms with E-state index in [4.69, 9.17) is 10.5 Å². The quantitative estimate of drug-likeness (QED) is 0.906. The van der Waals surface area contributed by atoms with Crippen molar-refractivity contribution < 1.29 is 9.53 Å². The molecular weight excluding hydrogens is 264 g/mol. The number of fused-ring (bicyclic) bond motifs is 1. The minimum atomic E-state index is -0.403. The maximum absolute atomic E-state index is 11.0. The largest absolute Gasteiger partial charge is 0.493 e. The number of hydrogen-bond acceptors (Lipinski definition) is 3. The number of para-hydroxylation sites is 1. The van der Waals surface area contributed by atoms with Crippen LogP contribution in [0.15, 0.2) is 48.5 Å². The van der Waals surface area contributed by atoms with E-state index in [0.717, 1.165) is 31.0 Å². The lowest BCUT2D eigenvalue weighted by Gasteiger charge is -2.26. The Morgan fingerprint density at radius 3 is 2.71 bits per heavy atom. The van der Waals surface area contributed by atoms with Crippen LogP contribution in [0, 0.1) is 0 Å². The molecule has 3 rings (SSSR count). The molecule has 1 heterocycles. The monoisotopic (exact) mass is 282 g/mol. The summed E-state index contributed by atoms with van der Waals surface area (Å²) in [5, 5.41) is 3.41. The molecule has 1 unspecified atom stereocenters. The van der Waals surface area contributed by atoms with E-state index in [1.165, 1.54) is 5.56 Å². The summed E-state index contributed by atoms with van der Waals surface area (Å²) >= 11 is 0. The molecule has 0 spiro atoms. The first-order valence-electron chi connectivity index (χ1n) is 7.09. The summed E-state index contributed by atoms with van der Waals surface area (Å²) in [6.45, 7) is 1.60. The molecule has 0 saturated heterocycles. The first-order valence-corrected chi connectivity index (χ1v) is 7.09. The van der Waals surface area contributed by atoms with Crippen LogP contribution in [0.1, 0.15) is 28.3 Å². The van der Waals surface area contributed by atoms with Crippen molar-refractivity contribution in [3.05, 3.63) is 59.7 Å². The number of benzene rings is 2. The third kappa shape index (κ3) is 2.99. The van der Waals surface area contributed by atoms with E-state index in [1.807, 2.05) is 30.3 Å². The average Bonchev–Trinajstić information content (AvgIpc) is 2.53. The predicted octanol–water partition coefficient (Wildman–Crippen LogP) is 2.76. The average molecular weight is 282 g/mol. The summed E-state index contributed by atoms with van der Waals surface area (Å²) in [4.78, 5) is 11.0. The third-order valence-corrected chi connectivity index (χ3v) is 3.80. The minimum absolute atomic E-state index is 0.403. The molecule has 2 aromatic rings. The molecule has 0 aliphatic carbocycles. The number of primary amides is 1. The van der Waals surface area contributed by atoms with E-state index in [9.17, 15) is 4.79 Å². The van der Waals surface area contributed by atoms with Crippen molar-refractivity contribution in [3.8, 4) is 5.75 Å². The molecule has 3 N–H and O–H groups in total. The van der Waals surface area contributed by atoms with E-state index >= 15 is 0 Å². The molecule has 0 radical (unpaired) electrons. The van der Waals surface area contributed by atoms with Crippen LogP contribution in [-0.4, -0.2) is 19.1 Å². The number of nitrogens with one attached hydrogen (secondary N) is 1. The molecule has 2 aromatic carbocycles. The number of ether oxygens (including phenoxy) is 1. The fourth-order valence-electron chi connectivity index (χ4n) is 2.62. The molecule has 1 aliphatic rings. The Kier molecular flexibility index (Phi) is 3.77. The number of anilines is 1. The van der Waals surface area contributed by atoms with Crippen LogP contribution in [0.25, 0.3) is 0 Å². The fourth-order valence-corrected chi connectivity index (χ4v) is 2.62. The lowest BCUT2D eigenvalue weighted by atomic mass is 9.93. The number of carbonyl (C=O) groups is 1. The number of rotatable bonds is 4. The molecule has 0 saturated carbocycles. The molecule has 1 amide bonds. The van der Waals surface area contributed by atoms with Crippen LogP contribution in [0.4, 0.5) is 5.69 Å². The van der Waals surface area contributed by atoms with E-state index in [0.29, 0.717) is 11.5 Å². The van der Waals surface area contributed by atoms with Crippen molar-refractivity contribution in [1.82, 2.24) is 0 Å². The fraction of sp³-hybridized carbons (Fsp3) is 0.235. The van der Waals surface area contributed by atoms with E-state index < -0.39 is 5.91 Å². The molecule has 1 aliphatic heterocycles. The van der Waals surface area contributed by atoms with Crippen LogP contribution < -0.4 is 15.8 Å². The van der Waals surface area contributed by atoms with Crippen LogP contribution in [0.5, 0.6) is 5.75 Å². The standard InChI is InChI=1S/C17H18N2O2/c18-17(20)12-5-7-14(8-6-12)19-11-13-9-10-21-16-4-2-1-3-15(13)16/h1-8,13,19H,9-11H2,(H2,18,20). The first-order chi connectivity index (χ1) is 10.2. The SMILES string of the molecule is NC(=O)c1ccc(NCC2CCOc3ccccc32)cc1. The van der Waals surface area contributed by atoms with Crippen molar-refractivity contribution in [3.63, 3.8) is 0 Å². The van der Waals surface area contributed by atoms with Gasteiger partial charge in [-0.05, 0) is 42.3 Å². The number of nitrogens with two attached hydrogens (primary N) is 1. The molecule has 4 heteroatoms. The van der Waals surface area contributed by atoms with Crippen LogP contribution >= 0.6 is 0 Å². The Balaban J connectivity index is 1.67. The third-order valence-electron chi connectivity index (χ3n) is 3.80. The van der Waals surface area contributed by atoms with Gasteiger partial charge in [0.1, 0.15) is 5.75 Å². The summed E-state index contributed by atoms with van der Waals surface area (Å²) in [5.41, 5.74) is 8.00. The molecule has 0 bridgehead atoms. The van der Waals surface area contributed by atoms with Gasteiger partial charge in [0.2, 0.25) is 5.91 Å². The van der Waals surface area contributed by atoms with Crippen LogP contribution in [0.3, 0.4) is 0 Å². The summed E-state index contributed by atoms with van der Waals surface area (Å²) in [6, 6.07) is 15.4. The van der Waals surface area contributed by atoms with Crippen molar-refractivity contribution in [2.24, 2.45) is 5.73 Å². The van der Waals surface area contributed by atoms with Gasteiger partial charge in [0.15, 0.2) is 0 Å². The highest BCUT2D eigenvalue weighted by Crippen LogP contribution is 2.33. The maximum atomic E-state index is 11.0. The summed E-state index contributed by atoms with van der Waals surface area (Å²) in [6.07, 6.45) is 1.00. The molecule has 0 aromatic heterocycles. The number of carbonyl (C=O) groups excluding carboxylic acids is 1. The van der Waals surface area contributed by atoms with Gasteiger partial charge >= 0.3 is 0 Å². The highest BCUT2D eigenvalue weighted by Gasteiger charge is 2.20. The van der Waals surface area contributed by atoms with Crippen molar-refractivity contribution in [2.45, 2.75) is 12.3 Å². The highest BCUT2D eigenvalue weighted by atomic mass is 16.5. The molecule has 4 nitrogen and oxygen atoms in total. The Hall–Kier alpha value is -2.49. The van der Waals surface area contributed by atoms with Gasteiger partial charge in [-0.2, -0.15) is 0 Å². The first kappa shape index (κ1) is 13.5. The second kappa shape index (κ2) is 5.87. The number of hydrogen-bond donors (Lipinski definition) is 2. The van der Waals surface area contributed by atoms with Gasteiger partial charge in [-0.25, -0.2) is 0 Å². The lowest BCUT2D eigenvalue weighted by molar-refractivity contribution is 0.100. The highest BCUT2D eigenvalue weighted by molar-refractivity contribution is 5.93. The van der Waals surface area contributed by atoms with Gasteiger partial charge in [-0.3, -0.25) is 4.79 Å². The molecule has 108 valence electrons. The van der Waals surface area contributed by atoms with Gasteiger partial charge in [-0.15, -0.1) is 0 Å². The Bertz CT molecular complexity index is 637. The van der Waals surface area contributed by atoms with Gasteiger partial charge in [0.05, 0.1) is 6.61 Å². The van der Waals surface area contributed by atoms with E-state index in [-0.39, 0.29) is 0 Å². The van der Waals surface area contributed by atoms with Crippen LogP contribution in [0.2, 0.25) is 0 Å². The minimum Gasteiger partial charge on any atom is -0.493 e. The topological polar surface area (TPSA) is 64.4 Å². The van der Waals surface area contributed by atoms with Gasteiger partial charge in [-0.1, -0.05) is 18.2 Å². The normalized spacial score (nSPS) is 16.7. The van der Waals surface area contributed by atoms with Crippen molar-refractivity contribution in [2.75, 3.05) is 18.5 Å². The second-order valence-electron chi connectivity index (χ2n) is 5.19. The molecule has 0 fully saturated rings. The number of amides is 1. The van der Waals surface area contributed by atoms with Crippen molar-refractivity contribution >= 4 is 11.6 Å². The van der Waals surface area contributed by atoms with E-state index in [2.05, 4.69) is 11.4 Å². The second-order valence-corrected chi connectivity index (χ2v) is 5.19. The zero-order chi connectivity index (χ0) is 14.7. The van der Waals surface area contributed by atoms with Crippen molar-refractivity contribution in [1.29, 1.82) is 0 Å². The molecule has 21 heavy (non-hydrogen) atoms.